The minimum Gasteiger partial charge on any atom is -0.369 e. The molecule has 1 aromatic carbocycles. The maximum atomic E-state index is 6.12. The van der Waals surface area contributed by atoms with Crippen LogP contribution in [0.15, 0.2) is 35.3 Å². The Morgan fingerprint density at radius 2 is 2.06 bits per heavy atom. The molecule has 1 aromatic rings. The summed E-state index contributed by atoms with van der Waals surface area (Å²) in [6.45, 7) is 5.53. The lowest BCUT2D eigenvalue weighted by Gasteiger charge is -2.28. The molecular weight excluding hydrogens is 210 g/mol. The molecule has 3 heteroatoms. The number of hydrogen-bond acceptors (Lipinski definition) is 1. The van der Waals surface area contributed by atoms with E-state index in [0.29, 0.717) is 17.9 Å². The van der Waals surface area contributed by atoms with Crippen molar-refractivity contribution in [3.63, 3.8) is 0 Å². The number of nitrogens with zero attached hydrogens (tertiary/aromatic N) is 2. The normalized spacial score (nSPS) is 21.2. The van der Waals surface area contributed by atoms with Gasteiger partial charge in [-0.15, -0.1) is 0 Å². The molecule has 1 saturated heterocycles. The van der Waals surface area contributed by atoms with Crippen molar-refractivity contribution in [3.05, 3.63) is 30.3 Å². The van der Waals surface area contributed by atoms with Crippen LogP contribution in [0.3, 0.4) is 0 Å². The highest BCUT2D eigenvalue weighted by molar-refractivity contribution is 5.81. The maximum Gasteiger partial charge on any atom is 0.196 e. The Bertz CT molecular complexity index is 384. The van der Waals surface area contributed by atoms with E-state index in [2.05, 4.69) is 23.7 Å². The molecule has 0 bridgehead atoms. The van der Waals surface area contributed by atoms with Crippen molar-refractivity contribution in [2.45, 2.75) is 32.7 Å². The highest BCUT2D eigenvalue weighted by atomic mass is 15.3. The third kappa shape index (κ3) is 2.78. The van der Waals surface area contributed by atoms with E-state index in [4.69, 9.17) is 5.73 Å². The summed E-state index contributed by atoms with van der Waals surface area (Å²) >= 11 is 0. The minimum absolute atomic E-state index is 0.544. The topological polar surface area (TPSA) is 41.6 Å². The maximum absolute atomic E-state index is 6.12. The van der Waals surface area contributed by atoms with Crippen LogP contribution in [-0.2, 0) is 0 Å². The lowest BCUT2D eigenvalue weighted by molar-refractivity contribution is 0.306. The summed E-state index contributed by atoms with van der Waals surface area (Å²) in [5, 5.41) is 0. The Kier molecular flexibility index (Phi) is 3.67. The minimum atomic E-state index is 0.544. The Labute approximate surface area is 103 Å². The molecule has 92 valence electrons. The third-order valence-electron chi connectivity index (χ3n) is 3.36. The van der Waals surface area contributed by atoms with Gasteiger partial charge in [0.05, 0.1) is 5.69 Å². The molecule has 1 aliphatic rings. The second-order valence-corrected chi connectivity index (χ2v) is 4.95. The van der Waals surface area contributed by atoms with E-state index >= 15 is 0 Å². The van der Waals surface area contributed by atoms with E-state index in [-0.39, 0.29) is 0 Å². The van der Waals surface area contributed by atoms with Crippen LogP contribution < -0.4 is 5.73 Å². The molecule has 3 nitrogen and oxygen atoms in total. The van der Waals surface area contributed by atoms with Crippen molar-refractivity contribution in [1.29, 1.82) is 0 Å². The van der Waals surface area contributed by atoms with Gasteiger partial charge in [0.25, 0.3) is 0 Å². The van der Waals surface area contributed by atoms with Gasteiger partial charge < -0.3 is 10.6 Å². The molecule has 2 N–H and O–H groups in total. The smallest absolute Gasteiger partial charge is 0.196 e. The first-order valence-corrected chi connectivity index (χ1v) is 6.34. The van der Waals surface area contributed by atoms with Gasteiger partial charge in [-0.1, -0.05) is 32.0 Å². The number of aliphatic imine (C=N–C) groups is 1. The summed E-state index contributed by atoms with van der Waals surface area (Å²) in [5.41, 5.74) is 7.05. The molecule has 0 aliphatic carbocycles. The fourth-order valence-electron chi connectivity index (χ4n) is 2.47. The fourth-order valence-corrected chi connectivity index (χ4v) is 2.47. The van der Waals surface area contributed by atoms with Gasteiger partial charge in [0.1, 0.15) is 0 Å². The van der Waals surface area contributed by atoms with Crippen LogP contribution in [0, 0.1) is 5.92 Å². The standard InChI is InChI=1S/C14H21N3/c1-11(2)13-9-6-10-17(13)14(15)16-12-7-4-3-5-8-12/h3-5,7-8,11,13H,6,9-10H2,1-2H3,(H2,15,16). The highest BCUT2D eigenvalue weighted by Crippen LogP contribution is 2.24. The molecule has 0 spiro atoms. The fraction of sp³-hybridized carbons (Fsp3) is 0.500. The van der Waals surface area contributed by atoms with Gasteiger partial charge in [-0.3, -0.25) is 0 Å². The Hall–Kier alpha value is -1.51. The van der Waals surface area contributed by atoms with Crippen molar-refractivity contribution in [1.82, 2.24) is 4.90 Å². The number of benzene rings is 1. The summed E-state index contributed by atoms with van der Waals surface area (Å²) in [4.78, 5) is 6.74. The van der Waals surface area contributed by atoms with Crippen molar-refractivity contribution in [2.75, 3.05) is 6.54 Å². The van der Waals surface area contributed by atoms with E-state index in [1.54, 1.807) is 0 Å². The molecule has 1 atom stereocenters. The van der Waals surface area contributed by atoms with Crippen LogP contribution in [0.2, 0.25) is 0 Å². The number of rotatable bonds is 2. The SMILES string of the molecule is CC(C)C1CCCN1C(N)=Nc1ccccc1. The monoisotopic (exact) mass is 231 g/mol. The third-order valence-corrected chi connectivity index (χ3v) is 3.36. The largest absolute Gasteiger partial charge is 0.369 e. The van der Waals surface area contributed by atoms with Gasteiger partial charge in [0.2, 0.25) is 0 Å². The molecule has 1 unspecified atom stereocenters. The van der Waals surface area contributed by atoms with Crippen LogP contribution in [-0.4, -0.2) is 23.4 Å². The van der Waals surface area contributed by atoms with Crippen molar-refractivity contribution in [2.24, 2.45) is 16.6 Å². The van der Waals surface area contributed by atoms with Gasteiger partial charge in [-0.05, 0) is 30.9 Å². The first-order chi connectivity index (χ1) is 8.18. The lowest BCUT2D eigenvalue weighted by Crippen LogP contribution is -2.42. The zero-order valence-electron chi connectivity index (χ0n) is 10.6. The zero-order chi connectivity index (χ0) is 12.3. The van der Waals surface area contributed by atoms with E-state index in [1.807, 2.05) is 30.3 Å². The second kappa shape index (κ2) is 5.21. The summed E-state index contributed by atoms with van der Waals surface area (Å²) in [5.74, 6) is 1.29. The summed E-state index contributed by atoms with van der Waals surface area (Å²) in [6, 6.07) is 10.5. The van der Waals surface area contributed by atoms with Crippen molar-refractivity contribution >= 4 is 11.6 Å². The molecule has 0 radical (unpaired) electrons. The molecule has 0 aromatic heterocycles. The predicted octanol–water partition coefficient (Wildman–Crippen LogP) is 2.75. The Morgan fingerprint density at radius 1 is 1.35 bits per heavy atom. The molecule has 1 heterocycles. The molecule has 2 rings (SSSR count). The number of para-hydroxylation sites is 1. The molecular formula is C14H21N3. The van der Waals surface area contributed by atoms with Crippen LogP contribution in [0.4, 0.5) is 5.69 Å². The summed E-state index contributed by atoms with van der Waals surface area (Å²) < 4.78 is 0. The number of guanidine groups is 1. The van der Waals surface area contributed by atoms with E-state index in [9.17, 15) is 0 Å². The number of hydrogen-bond donors (Lipinski definition) is 1. The molecule has 0 saturated carbocycles. The molecule has 1 aliphatic heterocycles. The van der Waals surface area contributed by atoms with Gasteiger partial charge in [0, 0.05) is 12.6 Å². The van der Waals surface area contributed by atoms with E-state index in [1.165, 1.54) is 12.8 Å². The number of nitrogens with two attached hydrogens (primary N) is 1. The van der Waals surface area contributed by atoms with Gasteiger partial charge >= 0.3 is 0 Å². The summed E-state index contributed by atoms with van der Waals surface area (Å²) in [7, 11) is 0. The van der Waals surface area contributed by atoms with Crippen molar-refractivity contribution < 1.29 is 0 Å². The zero-order valence-corrected chi connectivity index (χ0v) is 10.6. The number of likely N-dealkylation sites (tertiary alicyclic amines) is 1. The predicted molar refractivity (Wildman–Crippen MR) is 72.3 cm³/mol. The van der Waals surface area contributed by atoms with Crippen LogP contribution in [0.1, 0.15) is 26.7 Å². The Morgan fingerprint density at radius 3 is 2.71 bits per heavy atom. The molecule has 0 amide bonds. The second-order valence-electron chi connectivity index (χ2n) is 4.95. The average Bonchev–Trinajstić information content (AvgIpc) is 2.79. The first kappa shape index (κ1) is 12.0. The van der Waals surface area contributed by atoms with Gasteiger partial charge in [0.15, 0.2) is 5.96 Å². The van der Waals surface area contributed by atoms with Crippen molar-refractivity contribution in [3.8, 4) is 0 Å². The van der Waals surface area contributed by atoms with Crippen LogP contribution in [0.5, 0.6) is 0 Å². The summed E-state index contributed by atoms with van der Waals surface area (Å²) in [6.07, 6.45) is 2.44. The van der Waals surface area contributed by atoms with Gasteiger partial charge in [-0.25, -0.2) is 4.99 Å². The quantitative estimate of drug-likeness (QED) is 0.628. The Balaban J connectivity index is 2.14. The van der Waals surface area contributed by atoms with Gasteiger partial charge in [-0.2, -0.15) is 0 Å². The first-order valence-electron chi connectivity index (χ1n) is 6.34. The van der Waals surface area contributed by atoms with Crippen LogP contribution in [0.25, 0.3) is 0 Å². The lowest BCUT2D eigenvalue weighted by atomic mass is 10.0. The van der Waals surface area contributed by atoms with Crippen LogP contribution >= 0.6 is 0 Å². The molecule has 17 heavy (non-hydrogen) atoms. The molecule has 1 fully saturated rings. The average molecular weight is 231 g/mol. The highest BCUT2D eigenvalue weighted by Gasteiger charge is 2.28. The van der Waals surface area contributed by atoms with E-state index < -0.39 is 0 Å². The van der Waals surface area contributed by atoms with E-state index in [0.717, 1.165) is 12.2 Å².